The number of hydrogen-bond acceptors (Lipinski definition) is 6. The average molecular weight is 444 g/mol. The van der Waals surface area contributed by atoms with Crippen molar-refractivity contribution in [2.75, 3.05) is 16.8 Å². The number of nitrogens with zero attached hydrogens (tertiary/aromatic N) is 3. The highest BCUT2D eigenvalue weighted by Gasteiger charge is 2.40. The molecule has 1 amide bonds. The second-order valence-corrected chi connectivity index (χ2v) is 8.60. The normalized spacial score (nSPS) is 18.2. The largest absolute Gasteiger partial charge is 0.480 e. The van der Waals surface area contributed by atoms with E-state index in [4.69, 9.17) is 4.42 Å². The first-order chi connectivity index (χ1) is 15.9. The summed E-state index contributed by atoms with van der Waals surface area (Å²) in [5, 5.41) is 13.7. The van der Waals surface area contributed by atoms with E-state index in [2.05, 4.69) is 15.3 Å². The molecule has 2 N–H and O–H groups in total. The summed E-state index contributed by atoms with van der Waals surface area (Å²) >= 11 is 0. The van der Waals surface area contributed by atoms with E-state index in [1.807, 2.05) is 55.5 Å². The Kier molecular flexibility index (Phi) is 5.20. The Morgan fingerprint density at radius 2 is 1.97 bits per heavy atom. The Morgan fingerprint density at radius 3 is 2.76 bits per heavy atom. The standard InChI is InChI=1S/C25H24N4O4/c1-14-6-5-7-17(10-14)28-21(30)12-16-11-19(25(31)32)29(13-16)24-23-22(26-15(2)27-24)18-8-3-4-9-20(18)33-23/h3-10,16,19H,11-13H2,1-2H3,(H,28,30)(H,31,32)/t16-,19+/m1/s1. The maximum atomic E-state index is 12.7. The molecule has 1 saturated heterocycles. The molecule has 2 atom stereocenters. The van der Waals surface area contributed by atoms with Crippen LogP contribution in [0.4, 0.5) is 11.5 Å². The monoisotopic (exact) mass is 444 g/mol. The molecule has 0 aliphatic carbocycles. The van der Waals surface area contributed by atoms with Crippen molar-refractivity contribution in [3.63, 3.8) is 0 Å². The topological polar surface area (TPSA) is 109 Å². The first-order valence-electron chi connectivity index (χ1n) is 10.9. The van der Waals surface area contributed by atoms with Gasteiger partial charge < -0.3 is 19.7 Å². The summed E-state index contributed by atoms with van der Waals surface area (Å²) in [5.74, 6) is -0.219. The molecule has 2 aromatic carbocycles. The minimum atomic E-state index is -0.947. The van der Waals surface area contributed by atoms with E-state index in [-0.39, 0.29) is 18.2 Å². The number of carbonyl (C=O) groups excluding carboxylic acids is 1. The Hall–Kier alpha value is -3.94. The third-order valence-corrected chi connectivity index (χ3v) is 6.03. The predicted octanol–water partition coefficient (Wildman–Crippen LogP) is 4.30. The quantitative estimate of drug-likeness (QED) is 0.472. The van der Waals surface area contributed by atoms with E-state index < -0.39 is 12.0 Å². The number of carboxylic acid groups (broad SMARTS) is 1. The fourth-order valence-electron chi connectivity index (χ4n) is 4.62. The van der Waals surface area contributed by atoms with Crippen LogP contribution < -0.4 is 10.2 Å². The number of carboxylic acids is 1. The first-order valence-corrected chi connectivity index (χ1v) is 10.9. The molecule has 168 valence electrons. The number of hydrogen-bond donors (Lipinski definition) is 2. The Labute approximate surface area is 190 Å². The summed E-state index contributed by atoms with van der Waals surface area (Å²) in [7, 11) is 0. The van der Waals surface area contributed by atoms with Gasteiger partial charge in [0.15, 0.2) is 11.4 Å². The van der Waals surface area contributed by atoms with Gasteiger partial charge in [0.25, 0.3) is 0 Å². The van der Waals surface area contributed by atoms with Gasteiger partial charge in [-0.2, -0.15) is 0 Å². The molecular weight excluding hydrogens is 420 g/mol. The molecule has 0 spiro atoms. The molecule has 0 radical (unpaired) electrons. The van der Waals surface area contributed by atoms with Gasteiger partial charge in [-0.1, -0.05) is 24.3 Å². The van der Waals surface area contributed by atoms with Gasteiger partial charge in [-0.3, -0.25) is 4.79 Å². The van der Waals surface area contributed by atoms with Gasteiger partial charge in [0.1, 0.15) is 23.0 Å². The minimum absolute atomic E-state index is 0.134. The second kappa shape index (κ2) is 8.20. The van der Waals surface area contributed by atoms with Gasteiger partial charge in [-0.25, -0.2) is 14.8 Å². The molecule has 5 rings (SSSR count). The smallest absolute Gasteiger partial charge is 0.326 e. The summed E-state index contributed by atoms with van der Waals surface area (Å²) in [6.07, 6.45) is 0.572. The summed E-state index contributed by atoms with van der Waals surface area (Å²) in [6, 6.07) is 14.4. The second-order valence-electron chi connectivity index (χ2n) is 8.60. The van der Waals surface area contributed by atoms with Crippen molar-refractivity contribution >= 4 is 45.5 Å². The lowest BCUT2D eigenvalue weighted by molar-refractivity contribution is -0.138. The zero-order valence-corrected chi connectivity index (χ0v) is 18.4. The van der Waals surface area contributed by atoms with Crippen molar-refractivity contribution in [1.82, 2.24) is 9.97 Å². The van der Waals surface area contributed by atoms with Crippen LogP contribution in [0.1, 0.15) is 24.2 Å². The van der Waals surface area contributed by atoms with Crippen molar-refractivity contribution in [3.05, 3.63) is 59.9 Å². The highest BCUT2D eigenvalue weighted by Crippen LogP contribution is 2.37. The number of furan rings is 1. The molecule has 8 heteroatoms. The van der Waals surface area contributed by atoms with Crippen molar-refractivity contribution in [3.8, 4) is 0 Å². The van der Waals surface area contributed by atoms with Gasteiger partial charge in [-0.15, -0.1) is 0 Å². The van der Waals surface area contributed by atoms with Crippen molar-refractivity contribution in [2.45, 2.75) is 32.7 Å². The SMILES string of the molecule is Cc1cccc(NC(=O)C[C@H]2C[C@@H](C(=O)O)N(c3nc(C)nc4c3oc3ccccc34)C2)c1. The number of aryl methyl sites for hydroxylation is 2. The zero-order chi connectivity index (χ0) is 23.1. The number of amides is 1. The molecular formula is C25H24N4O4. The summed E-state index contributed by atoms with van der Waals surface area (Å²) < 4.78 is 6.05. The molecule has 0 bridgehead atoms. The summed E-state index contributed by atoms with van der Waals surface area (Å²) in [5.41, 5.74) is 3.60. The maximum Gasteiger partial charge on any atom is 0.326 e. The highest BCUT2D eigenvalue weighted by molar-refractivity contribution is 6.06. The van der Waals surface area contributed by atoms with Gasteiger partial charge in [0.05, 0.1) is 0 Å². The van der Waals surface area contributed by atoms with Gasteiger partial charge in [-0.05, 0) is 56.0 Å². The number of nitrogens with one attached hydrogen (secondary N) is 1. The van der Waals surface area contributed by atoms with Crippen LogP contribution in [0.5, 0.6) is 0 Å². The van der Waals surface area contributed by atoms with Gasteiger partial charge in [0, 0.05) is 24.0 Å². The minimum Gasteiger partial charge on any atom is -0.480 e. The number of para-hydroxylation sites is 1. The van der Waals surface area contributed by atoms with E-state index in [0.29, 0.717) is 41.3 Å². The lowest BCUT2D eigenvalue weighted by atomic mass is 10.0. The molecule has 2 aromatic heterocycles. The van der Waals surface area contributed by atoms with E-state index >= 15 is 0 Å². The van der Waals surface area contributed by atoms with Gasteiger partial charge in [0.2, 0.25) is 5.91 Å². The van der Waals surface area contributed by atoms with E-state index in [0.717, 1.165) is 16.6 Å². The average Bonchev–Trinajstić information content (AvgIpc) is 3.35. The van der Waals surface area contributed by atoms with Crippen LogP contribution in [0.2, 0.25) is 0 Å². The van der Waals surface area contributed by atoms with Crippen molar-refractivity contribution in [2.24, 2.45) is 5.92 Å². The summed E-state index contributed by atoms with van der Waals surface area (Å²) in [4.78, 5) is 35.6. The molecule has 0 unspecified atom stereocenters. The summed E-state index contributed by atoms with van der Waals surface area (Å²) in [6.45, 7) is 4.13. The molecule has 8 nitrogen and oxygen atoms in total. The Balaban J connectivity index is 1.44. The van der Waals surface area contributed by atoms with Crippen LogP contribution in [0, 0.1) is 19.8 Å². The van der Waals surface area contributed by atoms with Crippen LogP contribution >= 0.6 is 0 Å². The fraction of sp³-hybridized carbons (Fsp3) is 0.280. The molecule has 4 aromatic rings. The van der Waals surface area contributed by atoms with Crippen molar-refractivity contribution in [1.29, 1.82) is 0 Å². The van der Waals surface area contributed by atoms with Crippen molar-refractivity contribution < 1.29 is 19.1 Å². The molecule has 33 heavy (non-hydrogen) atoms. The van der Waals surface area contributed by atoms with E-state index in [1.165, 1.54) is 0 Å². The third kappa shape index (κ3) is 4.00. The van der Waals surface area contributed by atoms with Gasteiger partial charge >= 0.3 is 5.97 Å². The maximum absolute atomic E-state index is 12.7. The lowest BCUT2D eigenvalue weighted by Gasteiger charge is -2.22. The lowest BCUT2D eigenvalue weighted by Crippen LogP contribution is -2.36. The van der Waals surface area contributed by atoms with Crippen LogP contribution in [0.3, 0.4) is 0 Å². The highest BCUT2D eigenvalue weighted by atomic mass is 16.4. The third-order valence-electron chi connectivity index (χ3n) is 6.03. The number of rotatable bonds is 5. The fourth-order valence-corrected chi connectivity index (χ4v) is 4.62. The molecule has 0 saturated carbocycles. The predicted molar refractivity (Wildman–Crippen MR) is 125 cm³/mol. The molecule has 1 aliphatic rings. The number of benzene rings is 2. The Morgan fingerprint density at radius 1 is 1.15 bits per heavy atom. The number of carbonyl (C=O) groups is 2. The van der Waals surface area contributed by atoms with Crippen LogP contribution in [0.15, 0.2) is 52.9 Å². The van der Waals surface area contributed by atoms with E-state index in [1.54, 1.807) is 11.8 Å². The number of fused-ring (bicyclic) bond motifs is 3. The van der Waals surface area contributed by atoms with Crippen LogP contribution in [0.25, 0.3) is 22.1 Å². The molecule has 1 fully saturated rings. The van der Waals surface area contributed by atoms with Crippen LogP contribution in [-0.4, -0.2) is 39.5 Å². The molecule has 3 heterocycles. The first kappa shape index (κ1) is 20.9. The number of anilines is 2. The molecule has 1 aliphatic heterocycles. The number of aromatic nitrogens is 2. The zero-order valence-electron chi connectivity index (χ0n) is 18.4. The Bertz CT molecular complexity index is 1380. The van der Waals surface area contributed by atoms with E-state index in [9.17, 15) is 14.7 Å². The van der Waals surface area contributed by atoms with Crippen LogP contribution in [-0.2, 0) is 9.59 Å². The number of aliphatic carboxylic acids is 1.